The van der Waals surface area contributed by atoms with Crippen molar-refractivity contribution >= 4 is 5.91 Å². The second-order valence-corrected chi connectivity index (χ2v) is 5.03. The van der Waals surface area contributed by atoms with Gasteiger partial charge in [-0.25, -0.2) is 4.39 Å². The Kier molecular flexibility index (Phi) is 3.66. The Hall–Kier alpha value is -2.28. The summed E-state index contributed by atoms with van der Waals surface area (Å²) in [5.74, 6) is 0.248. The molecule has 1 amide bonds. The Morgan fingerprint density at radius 2 is 2.24 bits per heavy atom. The standard InChI is InChI=1S/C14H15FN4O2/c1-8-4-9(6-10(15)5-8)13-18-12(21-19-13)7-11-14(20)17-3-2-16-11/h4-6,11,16H,2-3,7H2,1H3,(H,17,20). The molecular weight excluding hydrogens is 275 g/mol. The van der Waals surface area contributed by atoms with Crippen LogP contribution in [0.1, 0.15) is 11.5 Å². The lowest BCUT2D eigenvalue weighted by atomic mass is 10.1. The van der Waals surface area contributed by atoms with Crippen LogP contribution >= 0.6 is 0 Å². The lowest BCUT2D eigenvalue weighted by molar-refractivity contribution is -0.124. The monoisotopic (exact) mass is 290 g/mol. The summed E-state index contributed by atoms with van der Waals surface area (Å²) >= 11 is 0. The van der Waals surface area contributed by atoms with Crippen molar-refractivity contribution in [1.82, 2.24) is 20.8 Å². The van der Waals surface area contributed by atoms with E-state index in [0.29, 0.717) is 36.8 Å². The summed E-state index contributed by atoms with van der Waals surface area (Å²) in [6, 6.07) is 4.19. The number of carbonyl (C=O) groups excluding carboxylic acids is 1. The Morgan fingerprint density at radius 3 is 3.00 bits per heavy atom. The van der Waals surface area contributed by atoms with Crippen LogP contribution in [0.5, 0.6) is 0 Å². The van der Waals surface area contributed by atoms with Gasteiger partial charge in [-0.15, -0.1) is 0 Å². The minimum Gasteiger partial charge on any atom is -0.353 e. The number of hydrogen-bond donors (Lipinski definition) is 2. The Morgan fingerprint density at radius 1 is 1.38 bits per heavy atom. The van der Waals surface area contributed by atoms with E-state index in [4.69, 9.17) is 4.52 Å². The zero-order valence-electron chi connectivity index (χ0n) is 11.5. The van der Waals surface area contributed by atoms with Crippen LogP contribution in [0.3, 0.4) is 0 Å². The number of nitrogens with one attached hydrogen (secondary N) is 2. The molecule has 0 saturated carbocycles. The van der Waals surface area contributed by atoms with E-state index >= 15 is 0 Å². The van der Waals surface area contributed by atoms with E-state index in [1.165, 1.54) is 12.1 Å². The highest BCUT2D eigenvalue weighted by molar-refractivity contribution is 5.82. The number of benzene rings is 1. The molecule has 1 unspecified atom stereocenters. The molecule has 1 atom stereocenters. The normalized spacial score (nSPS) is 18.6. The molecule has 1 aliphatic heterocycles. The topological polar surface area (TPSA) is 80.0 Å². The molecule has 0 spiro atoms. The van der Waals surface area contributed by atoms with Crippen molar-refractivity contribution in [3.8, 4) is 11.4 Å². The lowest BCUT2D eigenvalue weighted by Crippen LogP contribution is -2.53. The van der Waals surface area contributed by atoms with Gasteiger partial charge in [-0.2, -0.15) is 4.98 Å². The Bertz CT molecular complexity index is 650. The third-order valence-electron chi connectivity index (χ3n) is 3.28. The summed E-state index contributed by atoms with van der Waals surface area (Å²) in [6.07, 6.45) is 0.313. The first-order valence-electron chi connectivity index (χ1n) is 6.73. The van der Waals surface area contributed by atoms with Crippen LogP contribution in [0.25, 0.3) is 11.4 Å². The van der Waals surface area contributed by atoms with Gasteiger partial charge in [0.2, 0.25) is 17.6 Å². The van der Waals surface area contributed by atoms with Crippen LogP contribution in [-0.2, 0) is 11.2 Å². The number of rotatable bonds is 3. The molecule has 0 radical (unpaired) electrons. The number of amides is 1. The molecule has 21 heavy (non-hydrogen) atoms. The first-order valence-corrected chi connectivity index (χ1v) is 6.73. The number of halogens is 1. The fourth-order valence-corrected chi connectivity index (χ4v) is 2.31. The Labute approximate surface area is 120 Å². The summed E-state index contributed by atoms with van der Waals surface area (Å²) < 4.78 is 18.5. The second-order valence-electron chi connectivity index (χ2n) is 5.03. The lowest BCUT2D eigenvalue weighted by Gasteiger charge is -2.21. The maximum Gasteiger partial charge on any atom is 0.237 e. The average molecular weight is 290 g/mol. The van der Waals surface area contributed by atoms with Crippen LogP contribution in [0.15, 0.2) is 22.7 Å². The fourth-order valence-electron chi connectivity index (χ4n) is 2.31. The van der Waals surface area contributed by atoms with E-state index in [9.17, 15) is 9.18 Å². The molecule has 2 aromatic rings. The van der Waals surface area contributed by atoms with Crippen molar-refractivity contribution in [2.45, 2.75) is 19.4 Å². The summed E-state index contributed by atoms with van der Waals surface area (Å²) in [7, 11) is 0. The van der Waals surface area contributed by atoms with Gasteiger partial charge in [-0.3, -0.25) is 4.79 Å². The van der Waals surface area contributed by atoms with Gasteiger partial charge < -0.3 is 15.2 Å². The number of carbonyl (C=O) groups is 1. The summed E-state index contributed by atoms with van der Waals surface area (Å²) in [4.78, 5) is 15.9. The second kappa shape index (κ2) is 5.61. The Balaban J connectivity index is 1.78. The van der Waals surface area contributed by atoms with Gasteiger partial charge >= 0.3 is 0 Å². The molecule has 7 heteroatoms. The van der Waals surface area contributed by atoms with Gasteiger partial charge in [0, 0.05) is 18.7 Å². The highest BCUT2D eigenvalue weighted by atomic mass is 19.1. The summed E-state index contributed by atoms with van der Waals surface area (Å²) in [5, 5.41) is 9.70. The zero-order chi connectivity index (χ0) is 14.8. The van der Waals surface area contributed by atoms with Gasteiger partial charge in [-0.1, -0.05) is 5.16 Å². The summed E-state index contributed by atoms with van der Waals surface area (Å²) in [6.45, 7) is 3.12. The molecule has 110 valence electrons. The van der Waals surface area contributed by atoms with E-state index in [-0.39, 0.29) is 17.8 Å². The van der Waals surface area contributed by atoms with E-state index in [2.05, 4.69) is 20.8 Å². The number of aryl methyl sites for hydroxylation is 1. The molecule has 0 aliphatic carbocycles. The van der Waals surface area contributed by atoms with Crippen LogP contribution in [0.4, 0.5) is 4.39 Å². The van der Waals surface area contributed by atoms with Crippen molar-refractivity contribution < 1.29 is 13.7 Å². The molecule has 3 rings (SSSR count). The highest BCUT2D eigenvalue weighted by Crippen LogP contribution is 2.19. The summed E-state index contributed by atoms with van der Waals surface area (Å²) in [5.41, 5.74) is 1.34. The van der Waals surface area contributed by atoms with E-state index < -0.39 is 0 Å². The van der Waals surface area contributed by atoms with Crippen molar-refractivity contribution in [3.05, 3.63) is 35.5 Å². The maximum atomic E-state index is 13.4. The van der Waals surface area contributed by atoms with E-state index in [0.717, 1.165) is 5.56 Å². The highest BCUT2D eigenvalue weighted by Gasteiger charge is 2.24. The molecule has 1 aromatic carbocycles. The predicted molar refractivity (Wildman–Crippen MR) is 72.9 cm³/mol. The van der Waals surface area contributed by atoms with Crippen molar-refractivity contribution in [2.75, 3.05) is 13.1 Å². The quantitative estimate of drug-likeness (QED) is 0.874. The third-order valence-corrected chi connectivity index (χ3v) is 3.28. The van der Waals surface area contributed by atoms with E-state index in [1.54, 1.807) is 13.0 Å². The minimum absolute atomic E-state index is 0.0809. The molecule has 2 N–H and O–H groups in total. The van der Waals surface area contributed by atoms with Gasteiger partial charge in [0.05, 0.1) is 12.5 Å². The van der Waals surface area contributed by atoms with Crippen molar-refractivity contribution in [3.63, 3.8) is 0 Å². The molecule has 1 fully saturated rings. The minimum atomic E-state index is -0.374. The first-order chi connectivity index (χ1) is 10.1. The van der Waals surface area contributed by atoms with Crippen molar-refractivity contribution in [2.24, 2.45) is 0 Å². The first kappa shape index (κ1) is 13.7. The number of hydrogen-bond acceptors (Lipinski definition) is 5. The molecule has 1 aromatic heterocycles. The molecular formula is C14H15FN4O2. The largest absolute Gasteiger partial charge is 0.353 e. The van der Waals surface area contributed by atoms with Crippen LogP contribution in [-0.4, -0.2) is 35.2 Å². The molecule has 6 nitrogen and oxygen atoms in total. The van der Waals surface area contributed by atoms with Crippen LogP contribution in [0, 0.1) is 12.7 Å². The van der Waals surface area contributed by atoms with E-state index in [1.807, 2.05) is 0 Å². The zero-order valence-corrected chi connectivity index (χ0v) is 11.5. The van der Waals surface area contributed by atoms with Crippen LogP contribution in [0.2, 0.25) is 0 Å². The van der Waals surface area contributed by atoms with Gasteiger partial charge in [-0.05, 0) is 30.7 Å². The average Bonchev–Trinajstić information content (AvgIpc) is 2.89. The molecule has 1 aliphatic rings. The fraction of sp³-hybridized carbons (Fsp3) is 0.357. The number of aromatic nitrogens is 2. The maximum absolute atomic E-state index is 13.4. The van der Waals surface area contributed by atoms with Gasteiger partial charge in [0.15, 0.2) is 0 Å². The number of piperazine rings is 1. The molecule has 0 bridgehead atoms. The van der Waals surface area contributed by atoms with Crippen molar-refractivity contribution in [1.29, 1.82) is 0 Å². The number of nitrogens with zero attached hydrogens (tertiary/aromatic N) is 2. The van der Waals surface area contributed by atoms with Gasteiger partial charge in [0.25, 0.3) is 0 Å². The molecule has 2 heterocycles. The SMILES string of the molecule is Cc1cc(F)cc(-c2noc(CC3NCCNC3=O)n2)c1. The molecule has 1 saturated heterocycles. The van der Waals surface area contributed by atoms with Crippen LogP contribution < -0.4 is 10.6 Å². The smallest absolute Gasteiger partial charge is 0.237 e. The van der Waals surface area contributed by atoms with Gasteiger partial charge in [0.1, 0.15) is 5.82 Å². The predicted octanol–water partition coefficient (Wildman–Crippen LogP) is 0.815. The third kappa shape index (κ3) is 3.08.